The van der Waals surface area contributed by atoms with Gasteiger partial charge in [-0.25, -0.2) is 4.98 Å². The molecular formula is C31H24ClNO2. The number of hydrogen-bond acceptors (Lipinski definition) is 3. The highest BCUT2D eigenvalue weighted by Crippen LogP contribution is 2.24. The third kappa shape index (κ3) is 6.08. The fourth-order valence-corrected chi connectivity index (χ4v) is 3.88. The summed E-state index contributed by atoms with van der Waals surface area (Å²) in [6, 6.07) is 37.8. The summed E-state index contributed by atoms with van der Waals surface area (Å²) in [5.74, 6) is 1.62. The molecule has 0 unspecified atom stereocenters. The highest BCUT2D eigenvalue weighted by molar-refractivity contribution is 6.30. The van der Waals surface area contributed by atoms with Gasteiger partial charge in [0.05, 0.1) is 11.2 Å². The Kier molecular flexibility index (Phi) is 7.07. The fourth-order valence-electron chi connectivity index (χ4n) is 3.76. The Hall–Kier alpha value is -4.08. The van der Waals surface area contributed by atoms with Gasteiger partial charge in [0.2, 0.25) is 0 Å². The first-order chi connectivity index (χ1) is 17.2. The maximum absolute atomic E-state index is 6.06. The number of para-hydroxylation sites is 2. The maximum Gasteiger partial charge on any atom is 0.130 e. The Labute approximate surface area is 210 Å². The van der Waals surface area contributed by atoms with E-state index in [-0.39, 0.29) is 0 Å². The van der Waals surface area contributed by atoms with E-state index in [9.17, 15) is 0 Å². The van der Waals surface area contributed by atoms with Crippen molar-refractivity contribution in [2.45, 2.75) is 6.61 Å². The molecule has 4 heteroatoms. The number of hydrogen-bond donors (Lipinski definition) is 0. The predicted molar refractivity (Wildman–Crippen MR) is 144 cm³/mol. The summed E-state index contributed by atoms with van der Waals surface area (Å²) in [5, 5.41) is 1.84. The van der Waals surface area contributed by atoms with E-state index in [0.29, 0.717) is 18.2 Å². The van der Waals surface area contributed by atoms with Crippen molar-refractivity contribution >= 4 is 34.2 Å². The largest absolute Gasteiger partial charge is 0.489 e. The molecule has 0 fully saturated rings. The van der Waals surface area contributed by atoms with Crippen molar-refractivity contribution in [3.05, 3.63) is 137 Å². The number of pyridine rings is 1. The van der Waals surface area contributed by atoms with E-state index in [1.165, 1.54) is 0 Å². The standard InChI is InChI=1S/C31H24ClNO2/c32-27-15-10-23(11-16-27)20-26(21-34-29-7-2-1-3-8-29)24-13-18-30(19-14-24)35-22-28-17-12-25-6-4-5-9-31(25)33-28/h1-20H,21-22H2/b26-20+. The van der Waals surface area contributed by atoms with Gasteiger partial charge in [0, 0.05) is 10.4 Å². The van der Waals surface area contributed by atoms with Gasteiger partial charge in [0.25, 0.3) is 0 Å². The zero-order valence-electron chi connectivity index (χ0n) is 19.1. The molecule has 35 heavy (non-hydrogen) atoms. The van der Waals surface area contributed by atoms with Gasteiger partial charge in [-0.15, -0.1) is 0 Å². The minimum absolute atomic E-state index is 0.411. The quantitative estimate of drug-likeness (QED) is 0.212. The van der Waals surface area contributed by atoms with Crippen LogP contribution in [0.1, 0.15) is 16.8 Å². The third-order valence-corrected chi connectivity index (χ3v) is 5.87. The van der Waals surface area contributed by atoms with E-state index in [1.807, 2.05) is 91.0 Å². The van der Waals surface area contributed by atoms with Crippen LogP contribution in [-0.2, 0) is 6.61 Å². The summed E-state index contributed by atoms with van der Waals surface area (Å²) in [7, 11) is 0. The monoisotopic (exact) mass is 477 g/mol. The van der Waals surface area contributed by atoms with E-state index < -0.39 is 0 Å². The number of fused-ring (bicyclic) bond motifs is 1. The van der Waals surface area contributed by atoms with Crippen molar-refractivity contribution in [3.63, 3.8) is 0 Å². The van der Waals surface area contributed by atoms with Crippen LogP contribution in [0.15, 0.2) is 115 Å². The Morgan fingerprint density at radius 3 is 2.20 bits per heavy atom. The Morgan fingerprint density at radius 2 is 1.40 bits per heavy atom. The van der Waals surface area contributed by atoms with E-state index in [1.54, 1.807) is 0 Å². The lowest BCUT2D eigenvalue weighted by molar-refractivity contribution is 0.302. The molecule has 0 amide bonds. The third-order valence-electron chi connectivity index (χ3n) is 5.62. The highest BCUT2D eigenvalue weighted by atomic mass is 35.5. The number of benzene rings is 4. The van der Waals surface area contributed by atoms with Crippen molar-refractivity contribution < 1.29 is 9.47 Å². The van der Waals surface area contributed by atoms with Gasteiger partial charge in [0.1, 0.15) is 24.7 Å². The number of ether oxygens (including phenoxy) is 2. The molecule has 3 nitrogen and oxygen atoms in total. The molecule has 5 rings (SSSR count). The van der Waals surface area contributed by atoms with Crippen LogP contribution in [0, 0.1) is 0 Å². The molecule has 4 aromatic carbocycles. The van der Waals surface area contributed by atoms with Crippen LogP contribution in [0.5, 0.6) is 11.5 Å². The van der Waals surface area contributed by atoms with Crippen molar-refractivity contribution in [2.75, 3.05) is 6.61 Å². The number of halogens is 1. The first kappa shape index (κ1) is 22.7. The molecule has 0 aliphatic heterocycles. The second kappa shape index (κ2) is 10.9. The van der Waals surface area contributed by atoms with Crippen LogP contribution in [0.2, 0.25) is 5.02 Å². The summed E-state index contributed by atoms with van der Waals surface area (Å²) in [5.41, 5.74) is 5.04. The summed E-state index contributed by atoms with van der Waals surface area (Å²) >= 11 is 6.06. The Morgan fingerprint density at radius 1 is 0.686 bits per heavy atom. The van der Waals surface area contributed by atoms with Gasteiger partial charge in [-0.2, -0.15) is 0 Å². The van der Waals surface area contributed by atoms with Crippen molar-refractivity contribution in [3.8, 4) is 11.5 Å². The molecule has 5 aromatic rings. The van der Waals surface area contributed by atoms with Crippen LogP contribution in [0.25, 0.3) is 22.6 Å². The molecule has 0 aliphatic rings. The molecule has 1 aromatic heterocycles. The molecule has 0 saturated carbocycles. The highest BCUT2D eigenvalue weighted by Gasteiger charge is 2.06. The van der Waals surface area contributed by atoms with Gasteiger partial charge < -0.3 is 9.47 Å². The number of aromatic nitrogens is 1. The maximum atomic E-state index is 6.06. The predicted octanol–water partition coefficient (Wildman–Crippen LogP) is 8.09. The lowest BCUT2D eigenvalue weighted by Gasteiger charge is -2.12. The minimum atomic E-state index is 0.411. The molecule has 0 spiro atoms. The van der Waals surface area contributed by atoms with Crippen molar-refractivity contribution in [1.29, 1.82) is 0 Å². The first-order valence-electron chi connectivity index (χ1n) is 11.4. The molecule has 0 N–H and O–H groups in total. The van der Waals surface area contributed by atoms with Gasteiger partial charge in [-0.05, 0) is 71.3 Å². The van der Waals surface area contributed by atoms with Gasteiger partial charge in [-0.3, -0.25) is 0 Å². The summed E-state index contributed by atoms with van der Waals surface area (Å²) in [6.45, 7) is 0.850. The molecule has 0 atom stereocenters. The molecule has 0 bridgehead atoms. The van der Waals surface area contributed by atoms with Crippen LogP contribution >= 0.6 is 11.6 Å². The first-order valence-corrected chi connectivity index (χ1v) is 11.8. The van der Waals surface area contributed by atoms with E-state index in [4.69, 9.17) is 21.1 Å². The Bertz CT molecular complexity index is 1430. The zero-order valence-corrected chi connectivity index (χ0v) is 19.9. The Balaban J connectivity index is 1.32. The van der Waals surface area contributed by atoms with Crippen LogP contribution in [-0.4, -0.2) is 11.6 Å². The van der Waals surface area contributed by atoms with Gasteiger partial charge >= 0.3 is 0 Å². The lowest BCUT2D eigenvalue weighted by atomic mass is 10.0. The molecule has 0 radical (unpaired) electrons. The smallest absolute Gasteiger partial charge is 0.130 e. The second-order valence-corrected chi connectivity index (χ2v) is 8.57. The molecule has 0 saturated heterocycles. The average molecular weight is 478 g/mol. The van der Waals surface area contributed by atoms with E-state index in [0.717, 1.165) is 44.8 Å². The zero-order chi connectivity index (χ0) is 23.9. The summed E-state index contributed by atoms with van der Waals surface area (Å²) < 4.78 is 12.1. The summed E-state index contributed by atoms with van der Waals surface area (Å²) in [6.07, 6.45) is 2.12. The number of rotatable bonds is 8. The molecule has 1 heterocycles. The topological polar surface area (TPSA) is 31.4 Å². The molecule has 0 aliphatic carbocycles. The normalized spacial score (nSPS) is 11.4. The minimum Gasteiger partial charge on any atom is -0.489 e. The number of nitrogens with zero attached hydrogens (tertiary/aromatic N) is 1. The van der Waals surface area contributed by atoms with Crippen molar-refractivity contribution in [2.24, 2.45) is 0 Å². The lowest BCUT2D eigenvalue weighted by Crippen LogP contribution is -2.02. The van der Waals surface area contributed by atoms with Crippen LogP contribution in [0.3, 0.4) is 0 Å². The molecular weight excluding hydrogens is 454 g/mol. The average Bonchev–Trinajstić information content (AvgIpc) is 2.92. The van der Waals surface area contributed by atoms with Gasteiger partial charge in [0.15, 0.2) is 0 Å². The van der Waals surface area contributed by atoms with Crippen LogP contribution < -0.4 is 9.47 Å². The van der Waals surface area contributed by atoms with Gasteiger partial charge in [-0.1, -0.05) is 78.3 Å². The summed E-state index contributed by atoms with van der Waals surface area (Å²) in [4.78, 5) is 4.68. The van der Waals surface area contributed by atoms with E-state index >= 15 is 0 Å². The second-order valence-electron chi connectivity index (χ2n) is 8.13. The van der Waals surface area contributed by atoms with Crippen LogP contribution in [0.4, 0.5) is 0 Å². The molecule has 172 valence electrons. The SMILES string of the molecule is Clc1ccc(/C=C(\COc2ccccc2)c2ccc(OCc3ccc4ccccc4n3)cc2)cc1. The van der Waals surface area contributed by atoms with Crippen molar-refractivity contribution in [1.82, 2.24) is 4.98 Å². The fraction of sp³-hybridized carbons (Fsp3) is 0.0645. The van der Waals surface area contributed by atoms with E-state index in [2.05, 4.69) is 35.3 Å².